The molecule has 3 rings (SSSR count). The molecule has 0 saturated carbocycles. The van der Waals surface area contributed by atoms with E-state index in [1.807, 2.05) is 60.2 Å². The minimum atomic E-state index is -2.75. The summed E-state index contributed by atoms with van der Waals surface area (Å²) in [7, 11) is -2.75. The first kappa shape index (κ1) is 12.9. The Kier molecular flexibility index (Phi) is 3.22. The van der Waals surface area contributed by atoms with Gasteiger partial charge in [0, 0.05) is 0 Å². The Labute approximate surface area is 123 Å². The summed E-state index contributed by atoms with van der Waals surface area (Å²) in [6.45, 7) is 0. The molecule has 0 N–H and O–H groups in total. The van der Waals surface area contributed by atoms with E-state index in [1.54, 1.807) is 0 Å². The first-order valence-corrected chi connectivity index (χ1v) is 10.8. The molecule has 0 atom stereocenters. The Hall–Kier alpha value is -1.15. The van der Waals surface area contributed by atoms with Gasteiger partial charge in [0.1, 0.15) is 0 Å². The summed E-state index contributed by atoms with van der Waals surface area (Å²) in [6, 6.07) is 14.0. The van der Waals surface area contributed by atoms with Crippen LogP contribution in [0.15, 0.2) is 42.5 Å². The van der Waals surface area contributed by atoms with Gasteiger partial charge in [-0.1, -0.05) is 0 Å². The summed E-state index contributed by atoms with van der Waals surface area (Å²) in [5, 5.41) is 0. The van der Waals surface area contributed by atoms with Gasteiger partial charge < -0.3 is 0 Å². The number of rotatable bonds is 1. The van der Waals surface area contributed by atoms with E-state index >= 15 is 0 Å². The predicted molar refractivity (Wildman–Crippen MR) is 79.7 cm³/mol. The number of benzene rings is 2. The summed E-state index contributed by atoms with van der Waals surface area (Å²) in [5.41, 5.74) is 4.65. The first-order valence-electron chi connectivity index (χ1n) is 5.60. The molecular weight excluding hydrogens is 395 g/mol. The van der Waals surface area contributed by atoms with Crippen LogP contribution in [-0.4, -0.2) is 9.57 Å². The fourth-order valence-electron chi connectivity index (χ4n) is 2.43. The average molecular weight is 404 g/mol. The van der Waals surface area contributed by atoms with Crippen molar-refractivity contribution in [1.29, 1.82) is 0 Å². The van der Waals surface area contributed by atoms with Crippen LogP contribution in [0, 0.1) is 0 Å². The molecule has 0 unspecified atom stereocenters. The van der Waals surface area contributed by atoms with Crippen molar-refractivity contribution in [1.82, 2.24) is 0 Å². The molecule has 1 aliphatic carbocycles. The summed E-state index contributed by atoms with van der Waals surface area (Å²) in [4.78, 5) is 26.3. The monoisotopic (exact) mass is 404 g/mol. The zero-order valence-electron chi connectivity index (χ0n) is 9.80. The van der Waals surface area contributed by atoms with Gasteiger partial charge in [0.15, 0.2) is 0 Å². The third-order valence-corrected chi connectivity index (χ3v) is 8.18. The summed E-state index contributed by atoms with van der Waals surface area (Å²) in [5.74, 6) is 0. The molecule has 0 bridgehead atoms. The van der Waals surface area contributed by atoms with E-state index in [1.165, 1.54) is 11.1 Å². The van der Waals surface area contributed by atoms with E-state index in [4.69, 9.17) is 0 Å². The maximum absolute atomic E-state index is 11.2. The second kappa shape index (κ2) is 4.75. The molecule has 96 valence electrons. The van der Waals surface area contributed by atoms with E-state index in [9.17, 15) is 9.59 Å². The Morgan fingerprint density at radius 2 is 1.63 bits per heavy atom. The van der Waals surface area contributed by atoms with Crippen molar-refractivity contribution in [2.75, 3.05) is 0 Å². The van der Waals surface area contributed by atoms with Gasteiger partial charge in [0.25, 0.3) is 0 Å². The van der Waals surface area contributed by atoms with Crippen molar-refractivity contribution in [3.05, 3.63) is 53.6 Å². The topological polar surface area (TPSA) is 34.1 Å². The van der Waals surface area contributed by atoms with E-state index in [0.29, 0.717) is 0 Å². The number of hydrogen-bond acceptors (Lipinski definition) is 2. The SMILES string of the molecule is O=[C]=[Fe]([I])(=[C]=O)[c]1cccc2c1Cc1ccccc1-2. The first-order chi connectivity index (χ1) is 9.19. The molecular formula is C15H9FeIO2. The quantitative estimate of drug-likeness (QED) is 0.462. The van der Waals surface area contributed by atoms with Crippen LogP contribution in [-0.2, 0) is 24.7 Å². The normalized spacial score (nSPS) is 13.1. The van der Waals surface area contributed by atoms with Crippen molar-refractivity contribution in [3.8, 4) is 11.1 Å². The molecule has 0 spiro atoms. The van der Waals surface area contributed by atoms with E-state index in [2.05, 4.69) is 12.1 Å². The van der Waals surface area contributed by atoms with Crippen LogP contribution in [0.25, 0.3) is 11.1 Å². The van der Waals surface area contributed by atoms with Gasteiger partial charge in [-0.3, -0.25) is 0 Å². The number of hydrogen-bond donors (Lipinski definition) is 0. The van der Waals surface area contributed by atoms with Crippen LogP contribution in [0.5, 0.6) is 0 Å². The van der Waals surface area contributed by atoms with Gasteiger partial charge in [-0.2, -0.15) is 0 Å². The molecule has 0 saturated heterocycles. The molecule has 2 aromatic rings. The van der Waals surface area contributed by atoms with E-state index in [-0.39, 0.29) is 0 Å². The second-order valence-electron chi connectivity index (χ2n) is 4.20. The molecule has 2 aromatic carbocycles. The molecule has 0 fully saturated rings. The number of halogens is 1. The standard InChI is InChI=1S/C13H9.2CO.Fe.HI/c1-3-7-12-10(5-1)9-11-6-2-4-8-13(11)12;2*1-2;;/h1-5,7-8H,9H2;;;;1H/q;;;+1;/p-1. The van der Waals surface area contributed by atoms with Crippen molar-refractivity contribution in [2.45, 2.75) is 6.42 Å². The zero-order chi connectivity index (χ0) is 13.5. The third kappa shape index (κ3) is 1.93. The van der Waals surface area contributed by atoms with Crippen LogP contribution < -0.4 is 4.46 Å². The molecule has 0 amide bonds. The van der Waals surface area contributed by atoms with Crippen LogP contribution in [0.2, 0.25) is 0 Å². The van der Waals surface area contributed by atoms with Crippen LogP contribution >= 0.6 is 20.3 Å². The van der Waals surface area contributed by atoms with Gasteiger partial charge >= 0.3 is 124 Å². The van der Waals surface area contributed by atoms with Gasteiger partial charge in [-0.05, 0) is 0 Å². The maximum atomic E-state index is 11.2. The van der Waals surface area contributed by atoms with Crippen LogP contribution in [0.3, 0.4) is 0 Å². The minimum absolute atomic E-state index is 0.777. The van der Waals surface area contributed by atoms with Crippen LogP contribution in [0.1, 0.15) is 11.1 Å². The summed E-state index contributed by atoms with van der Waals surface area (Å²) >= 11 is 1.94. The molecule has 0 aliphatic heterocycles. The molecule has 0 radical (unpaired) electrons. The molecule has 19 heavy (non-hydrogen) atoms. The van der Waals surface area contributed by atoms with Gasteiger partial charge in [-0.15, -0.1) is 0 Å². The molecule has 2 nitrogen and oxygen atoms in total. The van der Waals surface area contributed by atoms with Gasteiger partial charge in [0.05, 0.1) is 0 Å². The molecule has 4 heteroatoms. The van der Waals surface area contributed by atoms with E-state index < -0.39 is 8.72 Å². The fraction of sp³-hybridized carbons (Fsp3) is 0.0667. The fourth-order valence-corrected chi connectivity index (χ4v) is 5.26. The summed E-state index contributed by atoms with van der Waals surface area (Å²) in [6.07, 6.45) is 0.777. The number of fused-ring (bicyclic) bond motifs is 3. The number of carbonyl (C=O) groups excluding carboxylic acids is 2. The second-order valence-corrected chi connectivity index (χ2v) is 11.4. The Bertz CT molecular complexity index is 830. The zero-order valence-corrected chi connectivity index (χ0v) is 13.1. The summed E-state index contributed by atoms with van der Waals surface area (Å²) < 4.78 is 0.826. The molecule has 1 aliphatic rings. The van der Waals surface area contributed by atoms with Crippen molar-refractivity contribution in [2.24, 2.45) is 0 Å². The Morgan fingerprint density at radius 1 is 0.947 bits per heavy atom. The van der Waals surface area contributed by atoms with E-state index in [0.717, 1.165) is 22.0 Å². The Morgan fingerprint density at radius 3 is 2.37 bits per heavy atom. The molecule has 0 heterocycles. The van der Waals surface area contributed by atoms with Crippen molar-refractivity contribution >= 4 is 34.4 Å². The average Bonchev–Trinajstić information content (AvgIpc) is 2.85. The van der Waals surface area contributed by atoms with Gasteiger partial charge in [0.2, 0.25) is 0 Å². The third-order valence-electron chi connectivity index (χ3n) is 3.24. The van der Waals surface area contributed by atoms with Crippen molar-refractivity contribution in [3.63, 3.8) is 0 Å². The van der Waals surface area contributed by atoms with Crippen LogP contribution in [0.4, 0.5) is 0 Å². The Balaban J connectivity index is 2.38. The van der Waals surface area contributed by atoms with Crippen molar-refractivity contribution < 1.29 is 18.3 Å². The van der Waals surface area contributed by atoms with Gasteiger partial charge in [-0.25, -0.2) is 0 Å². The molecule has 0 aromatic heterocycles. The predicted octanol–water partition coefficient (Wildman–Crippen LogP) is 2.52.